The van der Waals surface area contributed by atoms with E-state index in [1.807, 2.05) is 4.90 Å². The van der Waals surface area contributed by atoms with Gasteiger partial charge in [0.25, 0.3) is 0 Å². The van der Waals surface area contributed by atoms with Crippen molar-refractivity contribution < 1.29 is 49.5 Å². The second-order valence-corrected chi connectivity index (χ2v) is 14.3. The number of allylic oxidation sites excluding steroid dienone is 1. The van der Waals surface area contributed by atoms with Crippen LogP contribution in [-0.2, 0) is 25.6 Å². The molecule has 4 unspecified atom stereocenters. The van der Waals surface area contributed by atoms with Gasteiger partial charge in [-0.1, -0.05) is 36.4 Å². The van der Waals surface area contributed by atoms with E-state index in [1.54, 1.807) is 49.4 Å². The molecule has 0 spiro atoms. The topological polar surface area (TPSA) is 95.0 Å². The molecular weight excluding hydrogens is 650 g/mol. The van der Waals surface area contributed by atoms with Crippen LogP contribution in [0.3, 0.4) is 0 Å². The highest BCUT2D eigenvalue weighted by molar-refractivity contribution is 7.91. The normalized spacial score (nSPS) is 22.8. The number of halogens is 6. The van der Waals surface area contributed by atoms with Crippen molar-refractivity contribution in [1.29, 1.82) is 0 Å². The predicted octanol–water partition coefficient (Wildman–Crippen LogP) is 6.94. The van der Waals surface area contributed by atoms with Crippen LogP contribution < -0.4 is 0 Å². The number of hydrogen-bond acceptors (Lipinski definition) is 5. The zero-order valence-corrected chi connectivity index (χ0v) is 27.4. The Kier molecular flexibility index (Phi) is 12.3. The maximum absolute atomic E-state index is 13.6. The minimum absolute atomic E-state index is 0.0301. The molecule has 1 saturated carbocycles. The lowest BCUT2D eigenvalue weighted by molar-refractivity contribution is -0.192. The summed E-state index contributed by atoms with van der Waals surface area (Å²) in [5.41, 5.74) is 0.338. The van der Waals surface area contributed by atoms with Gasteiger partial charge in [-0.3, -0.25) is 4.79 Å². The lowest BCUT2D eigenvalue weighted by atomic mass is 9.81. The Morgan fingerprint density at radius 2 is 1.64 bits per heavy atom. The number of sulfone groups is 1. The molecule has 1 saturated heterocycles. The quantitative estimate of drug-likeness (QED) is 0.302. The molecular formula is C33H40F6N2O5S. The van der Waals surface area contributed by atoms with Crippen LogP contribution in [0.25, 0.3) is 5.57 Å². The third-order valence-electron chi connectivity index (χ3n) is 8.86. The average Bonchev–Trinajstić information content (AvgIpc) is 3.35. The molecule has 2 aromatic rings. The van der Waals surface area contributed by atoms with Crippen LogP contribution in [0.4, 0.5) is 26.3 Å². The molecule has 1 aliphatic carbocycles. The van der Waals surface area contributed by atoms with Gasteiger partial charge in [-0.2, -0.15) is 26.3 Å². The zero-order valence-electron chi connectivity index (χ0n) is 26.6. The van der Waals surface area contributed by atoms with E-state index in [-0.39, 0.29) is 29.7 Å². The largest absolute Gasteiger partial charge is 0.490 e. The fraction of sp³-hybridized carbons (Fsp3) is 0.515. The Balaban J connectivity index is 0.000000771. The summed E-state index contributed by atoms with van der Waals surface area (Å²) < 4.78 is 98.2. The van der Waals surface area contributed by atoms with Gasteiger partial charge in [0, 0.05) is 24.7 Å². The van der Waals surface area contributed by atoms with Crippen LogP contribution in [0.15, 0.2) is 65.6 Å². The number of likely N-dealkylation sites (tertiary alicyclic amines) is 1. The summed E-state index contributed by atoms with van der Waals surface area (Å²) >= 11 is 0. The van der Waals surface area contributed by atoms with Gasteiger partial charge >= 0.3 is 18.3 Å². The average molecular weight is 691 g/mol. The summed E-state index contributed by atoms with van der Waals surface area (Å²) in [4.78, 5) is 27.0. The van der Waals surface area contributed by atoms with Crippen LogP contribution in [-0.4, -0.2) is 78.8 Å². The molecule has 7 nitrogen and oxygen atoms in total. The Hall–Kier alpha value is -3.39. The van der Waals surface area contributed by atoms with E-state index >= 15 is 0 Å². The fourth-order valence-electron chi connectivity index (χ4n) is 6.16. The molecule has 260 valence electrons. The predicted molar refractivity (Wildman–Crippen MR) is 165 cm³/mol. The molecule has 1 heterocycles. The van der Waals surface area contributed by atoms with Crippen molar-refractivity contribution in [3.05, 3.63) is 71.8 Å². The number of carbonyl (C=O) groups excluding carboxylic acids is 1. The molecule has 1 amide bonds. The van der Waals surface area contributed by atoms with Gasteiger partial charge in [0.1, 0.15) is 0 Å². The van der Waals surface area contributed by atoms with Crippen LogP contribution in [0, 0.1) is 11.8 Å². The molecule has 4 rings (SSSR count). The maximum Gasteiger partial charge on any atom is 0.490 e. The molecule has 14 heteroatoms. The monoisotopic (exact) mass is 690 g/mol. The molecule has 2 fully saturated rings. The van der Waals surface area contributed by atoms with E-state index in [0.29, 0.717) is 47.9 Å². The Morgan fingerprint density at radius 3 is 2.19 bits per heavy atom. The maximum atomic E-state index is 13.6. The van der Waals surface area contributed by atoms with Crippen LogP contribution in [0.1, 0.15) is 57.6 Å². The lowest BCUT2D eigenvalue weighted by Crippen LogP contribution is -2.51. The molecule has 1 N–H and O–H groups in total. The number of carboxylic acids is 1. The summed E-state index contributed by atoms with van der Waals surface area (Å²) in [5, 5.41) is 7.12. The Bertz CT molecular complexity index is 1530. The van der Waals surface area contributed by atoms with E-state index in [1.165, 1.54) is 6.07 Å². The fourth-order valence-corrected chi connectivity index (χ4v) is 7.84. The first-order chi connectivity index (χ1) is 21.7. The highest BCUT2D eigenvalue weighted by Crippen LogP contribution is 2.38. The standard InChI is InChI=1S/C31H39F3N2O3S.C2HF3O2/c1-21(2)35(4)27-13-14-29(25(19-27)20-40(38,39)28-11-6-5-7-12-28)36-16-15-24(30(36)37)17-22(3)23-9-8-10-26(18-23)31(32,33)34;3-2(4,5)1(6)7/h5-12,17-18,21,24-25,27,29H,13-16,19-20H2,1-4H3;(H,6,7)/b22-17+;. The summed E-state index contributed by atoms with van der Waals surface area (Å²) in [6.45, 7) is 6.48. The summed E-state index contributed by atoms with van der Waals surface area (Å²) in [7, 11) is -1.49. The van der Waals surface area contributed by atoms with Crippen LogP contribution in [0.5, 0.6) is 0 Å². The van der Waals surface area contributed by atoms with Gasteiger partial charge in [-0.15, -0.1) is 0 Å². The summed E-state index contributed by atoms with van der Waals surface area (Å²) in [6.07, 6.45) is -4.93. The van der Waals surface area contributed by atoms with Crippen molar-refractivity contribution in [1.82, 2.24) is 9.80 Å². The molecule has 0 radical (unpaired) electrons. The third kappa shape index (κ3) is 10.1. The van der Waals surface area contributed by atoms with Gasteiger partial charge in [0.15, 0.2) is 9.84 Å². The highest BCUT2D eigenvalue weighted by atomic mass is 32.2. The molecule has 2 aromatic carbocycles. The van der Waals surface area contributed by atoms with Crippen LogP contribution in [0.2, 0.25) is 0 Å². The molecule has 0 aromatic heterocycles. The number of carboxylic acid groups (broad SMARTS) is 1. The van der Waals surface area contributed by atoms with E-state index in [0.717, 1.165) is 18.6 Å². The number of nitrogens with zero attached hydrogens (tertiary/aromatic N) is 2. The second-order valence-electron chi connectivity index (χ2n) is 12.3. The van der Waals surface area contributed by atoms with Crippen molar-refractivity contribution >= 4 is 27.3 Å². The van der Waals surface area contributed by atoms with E-state index < -0.39 is 39.6 Å². The zero-order chi connectivity index (χ0) is 35.3. The minimum Gasteiger partial charge on any atom is -0.475 e. The first kappa shape index (κ1) is 38.1. The van der Waals surface area contributed by atoms with Gasteiger partial charge in [0.05, 0.1) is 22.1 Å². The van der Waals surface area contributed by atoms with Crippen molar-refractivity contribution in [3.8, 4) is 0 Å². The smallest absolute Gasteiger partial charge is 0.475 e. The number of benzene rings is 2. The molecule has 2 aliphatic rings. The van der Waals surface area contributed by atoms with Crippen molar-refractivity contribution in [2.24, 2.45) is 11.8 Å². The Labute approximate surface area is 271 Å². The van der Waals surface area contributed by atoms with E-state index in [4.69, 9.17) is 9.90 Å². The SMILES string of the molecule is C/C(=C\C1CCN(C2CCC(N(C)C(C)C)CC2CS(=O)(=O)c2ccccc2)C1=O)c1cccc(C(F)(F)F)c1.O=C(O)C(F)(F)F. The molecule has 1 aliphatic heterocycles. The van der Waals surface area contributed by atoms with Crippen molar-refractivity contribution in [3.63, 3.8) is 0 Å². The first-order valence-corrected chi connectivity index (χ1v) is 16.8. The van der Waals surface area contributed by atoms with Gasteiger partial charge in [-0.25, -0.2) is 13.2 Å². The summed E-state index contributed by atoms with van der Waals surface area (Å²) in [5.74, 6) is -3.53. The number of amides is 1. The molecule has 4 atom stereocenters. The molecule has 47 heavy (non-hydrogen) atoms. The van der Waals surface area contributed by atoms with Gasteiger partial charge in [0.2, 0.25) is 5.91 Å². The number of hydrogen-bond donors (Lipinski definition) is 1. The summed E-state index contributed by atoms with van der Waals surface area (Å²) in [6, 6.07) is 13.9. The first-order valence-electron chi connectivity index (χ1n) is 15.2. The van der Waals surface area contributed by atoms with Gasteiger partial charge in [-0.05, 0) is 94.8 Å². The lowest BCUT2D eigenvalue weighted by Gasteiger charge is -2.44. The minimum atomic E-state index is -5.08. The number of carbonyl (C=O) groups is 2. The van der Waals surface area contributed by atoms with Crippen molar-refractivity contribution in [2.45, 2.75) is 81.8 Å². The molecule has 0 bridgehead atoms. The van der Waals surface area contributed by atoms with Crippen molar-refractivity contribution in [2.75, 3.05) is 19.3 Å². The van der Waals surface area contributed by atoms with E-state index in [2.05, 4.69) is 25.8 Å². The Morgan fingerprint density at radius 1 is 1.02 bits per heavy atom. The van der Waals surface area contributed by atoms with Gasteiger partial charge < -0.3 is 14.9 Å². The number of aliphatic carboxylic acids is 1. The van der Waals surface area contributed by atoms with E-state index in [9.17, 15) is 39.6 Å². The highest BCUT2D eigenvalue weighted by Gasteiger charge is 2.43. The number of alkyl halides is 6. The number of rotatable bonds is 8. The van der Waals surface area contributed by atoms with Crippen LogP contribution >= 0.6 is 0 Å². The second kappa shape index (κ2) is 15.2. The third-order valence-corrected chi connectivity index (χ3v) is 10.7.